The van der Waals surface area contributed by atoms with Gasteiger partial charge >= 0.3 is 6.03 Å². The van der Waals surface area contributed by atoms with E-state index in [1.54, 1.807) is 6.20 Å². The predicted molar refractivity (Wildman–Crippen MR) is 63.0 cm³/mol. The zero-order chi connectivity index (χ0) is 11.8. The van der Waals surface area contributed by atoms with Gasteiger partial charge in [0, 0.05) is 19.3 Å². The van der Waals surface area contributed by atoms with Gasteiger partial charge in [-0.15, -0.1) is 0 Å². The Morgan fingerprint density at radius 2 is 2.19 bits per heavy atom. The number of rotatable bonds is 5. The first-order chi connectivity index (χ1) is 7.68. The highest BCUT2D eigenvalue weighted by Gasteiger charge is 1.99. The van der Waals surface area contributed by atoms with Crippen LogP contribution in [0.1, 0.15) is 5.69 Å². The first kappa shape index (κ1) is 12.4. The van der Waals surface area contributed by atoms with E-state index >= 15 is 0 Å². The molecule has 1 rings (SSSR count). The minimum Gasteiger partial charge on any atom is -0.337 e. The van der Waals surface area contributed by atoms with Crippen LogP contribution in [0.5, 0.6) is 0 Å². The van der Waals surface area contributed by atoms with Crippen LogP contribution in [0.3, 0.4) is 0 Å². The average molecular weight is 222 g/mol. The highest BCUT2D eigenvalue weighted by molar-refractivity contribution is 5.73. The summed E-state index contributed by atoms with van der Waals surface area (Å²) in [6.45, 7) is 1.92. The molecule has 1 aromatic heterocycles. The fourth-order valence-corrected chi connectivity index (χ4v) is 1.13. The zero-order valence-corrected chi connectivity index (χ0v) is 9.73. The summed E-state index contributed by atoms with van der Waals surface area (Å²) in [6.07, 6.45) is 1.71. The first-order valence-electron chi connectivity index (χ1n) is 5.25. The molecule has 0 bridgehead atoms. The van der Waals surface area contributed by atoms with Gasteiger partial charge < -0.3 is 15.5 Å². The molecule has 0 atom stereocenters. The molecule has 1 aromatic rings. The van der Waals surface area contributed by atoms with Crippen molar-refractivity contribution in [2.45, 2.75) is 6.54 Å². The Balaban J connectivity index is 2.16. The first-order valence-corrected chi connectivity index (χ1v) is 5.25. The Morgan fingerprint density at radius 1 is 1.38 bits per heavy atom. The van der Waals surface area contributed by atoms with Gasteiger partial charge in [0.25, 0.3) is 0 Å². The zero-order valence-electron chi connectivity index (χ0n) is 9.73. The van der Waals surface area contributed by atoms with E-state index in [-0.39, 0.29) is 6.03 Å². The summed E-state index contributed by atoms with van der Waals surface area (Å²) >= 11 is 0. The van der Waals surface area contributed by atoms with Gasteiger partial charge in [-0.25, -0.2) is 4.79 Å². The summed E-state index contributed by atoms with van der Waals surface area (Å²) in [5, 5.41) is 5.51. The Labute approximate surface area is 95.9 Å². The number of carbonyl (C=O) groups excluding carboxylic acids is 1. The fourth-order valence-electron chi connectivity index (χ4n) is 1.13. The van der Waals surface area contributed by atoms with Gasteiger partial charge in [-0.3, -0.25) is 4.98 Å². The van der Waals surface area contributed by atoms with Crippen molar-refractivity contribution in [2.24, 2.45) is 0 Å². The Kier molecular flexibility index (Phi) is 5.28. The highest BCUT2D eigenvalue weighted by Crippen LogP contribution is 1.91. The molecule has 0 radical (unpaired) electrons. The molecule has 0 aliphatic carbocycles. The van der Waals surface area contributed by atoms with E-state index in [2.05, 4.69) is 15.6 Å². The van der Waals surface area contributed by atoms with Crippen LogP contribution in [0.15, 0.2) is 24.4 Å². The third-order valence-corrected chi connectivity index (χ3v) is 2.00. The fraction of sp³-hybridized carbons (Fsp3) is 0.455. The standard InChI is InChI=1S/C11H18N4O/c1-15(2)8-7-13-11(16)14-9-10-5-3-4-6-12-10/h3-6H,7-9H2,1-2H3,(H2,13,14,16). The summed E-state index contributed by atoms with van der Waals surface area (Å²) in [6, 6.07) is 5.46. The van der Waals surface area contributed by atoms with Crippen LogP contribution >= 0.6 is 0 Å². The van der Waals surface area contributed by atoms with Gasteiger partial charge in [0.05, 0.1) is 12.2 Å². The molecule has 1 heterocycles. The maximum Gasteiger partial charge on any atom is 0.315 e. The lowest BCUT2D eigenvalue weighted by Gasteiger charge is -2.11. The van der Waals surface area contributed by atoms with E-state index in [0.717, 1.165) is 12.2 Å². The maximum atomic E-state index is 11.3. The third-order valence-electron chi connectivity index (χ3n) is 2.00. The average Bonchev–Trinajstić information content (AvgIpc) is 2.27. The van der Waals surface area contributed by atoms with Gasteiger partial charge in [-0.2, -0.15) is 0 Å². The predicted octanol–water partition coefficient (Wildman–Crippen LogP) is 0.442. The number of nitrogens with one attached hydrogen (secondary N) is 2. The molecule has 5 nitrogen and oxygen atoms in total. The molecule has 0 saturated carbocycles. The largest absolute Gasteiger partial charge is 0.337 e. The molecule has 16 heavy (non-hydrogen) atoms. The number of nitrogens with zero attached hydrogens (tertiary/aromatic N) is 2. The third kappa shape index (κ3) is 5.31. The summed E-state index contributed by atoms with van der Waals surface area (Å²) in [5.41, 5.74) is 0.852. The molecule has 0 unspecified atom stereocenters. The number of carbonyl (C=O) groups is 1. The SMILES string of the molecule is CN(C)CCNC(=O)NCc1ccccn1. The van der Waals surface area contributed by atoms with Gasteiger partial charge in [0.2, 0.25) is 0 Å². The van der Waals surface area contributed by atoms with Crippen molar-refractivity contribution in [2.75, 3.05) is 27.2 Å². The van der Waals surface area contributed by atoms with E-state index in [9.17, 15) is 4.79 Å². The highest BCUT2D eigenvalue weighted by atomic mass is 16.2. The summed E-state index contributed by atoms with van der Waals surface area (Å²) < 4.78 is 0. The van der Waals surface area contributed by atoms with E-state index in [4.69, 9.17) is 0 Å². The Morgan fingerprint density at radius 3 is 2.81 bits per heavy atom. The number of hydrogen-bond acceptors (Lipinski definition) is 3. The van der Waals surface area contributed by atoms with Gasteiger partial charge in [0.15, 0.2) is 0 Å². The van der Waals surface area contributed by atoms with E-state index in [1.165, 1.54) is 0 Å². The Bertz CT molecular complexity index is 313. The monoisotopic (exact) mass is 222 g/mol. The van der Waals surface area contributed by atoms with Crippen LogP contribution in [0, 0.1) is 0 Å². The molecule has 0 saturated heterocycles. The van der Waals surface area contributed by atoms with Crippen molar-refractivity contribution in [3.63, 3.8) is 0 Å². The smallest absolute Gasteiger partial charge is 0.315 e. The molecule has 0 spiro atoms. The molecular weight excluding hydrogens is 204 g/mol. The Hall–Kier alpha value is -1.62. The minimum absolute atomic E-state index is 0.160. The number of pyridine rings is 1. The second kappa shape index (κ2) is 6.79. The number of hydrogen-bond donors (Lipinski definition) is 2. The lowest BCUT2D eigenvalue weighted by molar-refractivity contribution is 0.239. The normalized spacial score (nSPS) is 10.2. The van der Waals surface area contributed by atoms with Gasteiger partial charge in [-0.05, 0) is 26.2 Å². The van der Waals surface area contributed by atoms with E-state index in [1.807, 2.05) is 37.2 Å². The number of likely N-dealkylation sites (N-methyl/N-ethyl adjacent to an activating group) is 1. The molecule has 5 heteroatoms. The number of urea groups is 1. The molecule has 0 fully saturated rings. The number of amides is 2. The van der Waals surface area contributed by atoms with Crippen molar-refractivity contribution in [1.82, 2.24) is 20.5 Å². The van der Waals surface area contributed by atoms with Crippen LogP contribution < -0.4 is 10.6 Å². The molecule has 0 aliphatic heterocycles. The molecule has 2 N–H and O–H groups in total. The lowest BCUT2D eigenvalue weighted by Crippen LogP contribution is -2.38. The summed E-state index contributed by atoms with van der Waals surface area (Å²) in [7, 11) is 3.93. The number of aromatic nitrogens is 1. The second-order valence-corrected chi connectivity index (χ2v) is 3.73. The molecule has 2 amide bonds. The van der Waals surface area contributed by atoms with Gasteiger partial charge in [-0.1, -0.05) is 6.07 Å². The van der Waals surface area contributed by atoms with E-state index in [0.29, 0.717) is 13.1 Å². The topological polar surface area (TPSA) is 57.3 Å². The van der Waals surface area contributed by atoms with Gasteiger partial charge in [0.1, 0.15) is 0 Å². The van der Waals surface area contributed by atoms with Crippen molar-refractivity contribution >= 4 is 6.03 Å². The van der Waals surface area contributed by atoms with Crippen molar-refractivity contribution < 1.29 is 4.79 Å². The summed E-state index contributed by atoms with van der Waals surface area (Å²) in [4.78, 5) is 17.5. The maximum absolute atomic E-state index is 11.3. The molecular formula is C11H18N4O. The van der Waals surface area contributed by atoms with Crippen molar-refractivity contribution in [3.8, 4) is 0 Å². The second-order valence-electron chi connectivity index (χ2n) is 3.73. The van der Waals surface area contributed by atoms with Crippen molar-refractivity contribution in [3.05, 3.63) is 30.1 Å². The van der Waals surface area contributed by atoms with Crippen LogP contribution in [-0.2, 0) is 6.54 Å². The quantitative estimate of drug-likeness (QED) is 0.760. The lowest BCUT2D eigenvalue weighted by atomic mass is 10.3. The van der Waals surface area contributed by atoms with E-state index < -0.39 is 0 Å². The van der Waals surface area contributed by atoms with Crippen LogP contribution in [-0.4, -0.2) is 43.1 Å². The summed E-state index contributed by atoms with van der Waals surface area (Å²) in [5.74, 6) is 0. The molecule has 0 aromatic carbocycles. The molecule has 88 valence electrons. The molecule has 0 aliphatic rings. The van der Waals surface area contributed by atoms with Crippen molar-refractivity contribution in [1.29, 1.82) is 0 Å². The van der Waals surface area contributed by atoms with Crippen LogP contribution in [0.4, 0.5) is 4.79 Å². The minimum atomic E-state index is -0.160. The van der Waals surface area contributed by atoms with Crippen LogP contribution in [0.25, 0.3) is 0 Å². The van der Waals surface area contributed by atoms with Crippen LogP contribution in [0.2, 0.25) is 0 Å².